The van der Waals surface area contributed by atoms with Crippen molar-refractivity contribution in [3.63, 3.8) is 0 Å². The first kappa shape index (κ1) is 16.6. The van der Waals surface area contributed by atoms with Gasteiger partial charge in [-0.2, -0.15) is 0 Å². The highest BCUT2D eigenvalue weighted by atomic mass is 16.2. The van der Waals surface area contributed by atoms with E-state index in [1.54, 1.807) is 12.3 Å². The third-order valence-corrected chi connectivity index (χ3v) is 4.62. The van der Waals surface area contributed by atoms with E-state index in [2.05, 4.69) is 26.8 Å². The number of rotatable bonds is 6. The molecule has 0 aliphatic carbocycles. The maximum Gasteiger partial charge on any atom is 0.272 e. The van der Waals surface area contributed by atoms with Gasteiger partial charge in [0.05, 0.1) is 6.33 Å². The van der Waals surface area contributed by atoms with Gasteiger partial charge in [0.15, 0.2) is 0 Å². The second-order valence-electron chi connectivity index (χ2n) is 6.31. The third kappa shape index (κ3) is 4.20. The van der Waals surface area contributed by atoms with Crippen LogP contribution in [-0.4, -0.2) is 50.5 Å². The standard InChI is InChI=1S/C18H25N5O/c1-2-15(13-22-12-9-19-14-22)21-16-6-10-23(11-7-16)18(24)17-5-3-4-8-20-17/h3-5,8-9,12,14-16,21H,2,6-7,10-11,13H2,1H3/t15-/m0/s1. The van der Waals surface area contributed by atoms with Crippen molar-refractivity contribution in [2.45, 2.75) is 44.8 Å². The van der Waals surface area contributed by atoms with Gasteiger partial charge in [-0.15, -0.1) is 0 Å². The van der Waals surface area contributed by atoms with E-state index in [0.717, 1.165) is 38.9 Å². The van der Waals surface area contributed by atoms with E-state index in [1.807, 2.05) is 35.8 Å². The molecule has 1 atom stereocenters. The molecule has 0 unspecified atom stereocenters. The summed E-state index contributed by atoms with van der Waals surface area (Å²) in [6, 6.07) is 6.37. The number of imidazole rings is 1. The molecule has 3 rings (SSSR count). The van der Waals surface area contributed by atoms with Crippen LogP contribution in [0.25, 0.3) is 0 Å². The van der Waals surface area contributed by atoms with Crippen molar-refractivity contribution in [3.05, 3.63) is 48.8 Å². The number of likely N-dealkylation sites (tertiary alicyclic amines) is 1. The molecule has 6 nitrogen and oxygen atoms in total. The van der Waals surface area contributed by atoms with Gasteiger partial charge in [0, 0.05) is 50.3 Å². The zero-order chi connectivity index (χ0) is 16.8. The molecule has 6 heteroatoms. The van der Waals surface area contributed by atoms with Crippen molar-refractivity contribution >= 4 is 5.91 Å². The predicted octanol–water partition coefficient (Wildman–Crippen LogP) is 1.95. The molecule has 0 bridgehead atoms. The fourth-order valence-corrected chi connectivity index (χ4v) is 3.18. The van der Waals surface area contributed by atoms with Crippen LogP contribution in [0, 0.1) is 0 Å². The van der Waals surface area contributed by atoms with Gasteiger partial charge in [-0.1, -0.05) is 13.0 Å². The molecule has 0 spiro atoms. The van der Waals surface area contributed by atoms with Crippen LogP contribution in [-0.2, 0) is 6.54 Å². The van der Waals surface area contributed by atoms with Gasteiger partial charge in [-0.05, 0) is 31.4 Å². The van der Waals surface area contributed by atoms with Crippen molar-refractivity contribution in [3.8, 4) is 0 Å². The van der Waals surface area contributed by atoms with E-state index < -0.39 is 0 Å². The first-order valence-corrected chi connectivity index (χ1v) is 8.68. The molecule has 128 valence electrons. The summed E-state index contributed by atoms with van der Waals surface area (Å²) in [4.78, 5) is 22.6. The summed E-state index contributed by atoms with van der Waals surface area (Å²) < 4.78 is 2.11. The highest BCUT2D eigenvalue weighted by Gasteiger charge is 2.25. The molecule has 1 aliphatic heterocycles. The lowest BCUT2D eigenvalue weighted by Crippen LogP contribution is -2.48. The Kier molecular flexibility index (Phi) is 5.59. The molecule has 3 heterocycles. The molecule has 0 radical (unpaired) electrons. The molecular formula is C18H25N5O. The first-order chi connectivity index (χ1) is 11.8. The summed E-state index contributed by atoms with van der Waals surface area (Å²) in [7, 11) is 0. The summed E-state index contributed by atoms with van der Waals surface area (Å²) >= 11 is 0. The Bertz CT molecular complexity index is 620. The smallest absolute Gasteiger partial charge is 0.272 e. The van der Waals surface area contributed by atoms with Crippen LogP contribution in [0.15, 0.2) is 43.1 Å². The van der Waals surface area contributed by atoms with Crippen LogP contribution in [0.4, 0.5) is 0 Å². The lowest BCUT2D eigenvalue weighted by atomic mass is 10.0. The summed E-state index contributed by atoms with van der Waals surface area (Å²) in [5.74, 6) is 0.0412. The van der Waals surface area contributed by atoms with Crippen molar-refractivity contribution < 1.29 is 4.79 Å². The quantitative estimate of drug-likeness (QED) is 0.881. The van der Waals surface area contributed by atoms with Crippen LogP contribution in [0.2, 0.25) is 0 Å². The molecule has 2 aromatic heterocycles. The minimum atomic E-state index is 0.0412. The average molecular weight is 327 g/mol. The van der Waals surface area contributed by atoms with E-state index in [0.29, 0.717) is 17.8 Å². The number of carbonyl (C=O) groups excluding carboxylic acids is 1. The minimum Gasteiger partial charge on any atom is -0.337 e. The molecule has 1 N–H and O–H groups in total. The normalized spacial score (nSPS) is 17.0. The number of pyridine rings is 1. The van der Waals surface area contributed by atoms with Crippen LogP contribution in [0.5, 0.6) is 0 Å². The second-order valence-corrected chi connectivity index (χ2v) is 6.31. The van der Waals surface area contributed by atoms with Crippen molar-refractivity contribution in [2.75, 3.05) is 13.1 Å². The molecule has 2 aromatic rings. The molecule has 1 aliphatic rings. The number of nitrogens with zero attached hydrogens (tertiary/aromatic N) is 4. The van der Waals surface area contributed by atoms with Gasteiger partial charge in [0.25, 0.3) is 5.91 Å². The Morgan fingerprint density at radius 1 is 1.33 bits per heavy atom. The second kappa shape index (κ2) is 8.06. The lowest BCUT2D eigenvalue weighted by Gasteiger charge is -2.34. The Balaban J connectivity index is 1.48. The van der Waals surface area contributed by atoms with Crippen molar-refractivity contribution in [2.24, 2.45) is 0 Å². The maximum atomic E-state index is 12.4. The predicted molar refractivity (Wildman–Crippen MR) is 92.6 cm³/mol. The van der Waals surface area contributed by atoms with Crippen LogP contribution in [0.1, 0.15) is 36.7 Å². The number of aromatic nitrogens is 3. The molecule has 1 fully saturated rings. The van der Waals surface area contributed by atoms with E-state index >= 15 is 0 Å². The molecular weight excluding hydrogens is 302 g/mol. The monoisotopic (exact) mass is 327 g/mol. The SMILES string of the molecule is CC[C@@H](Cn1ccnc1)NC1CCN(C(=O)c2ccccn2)CC1. The first-order valence-electron chi connectivity index (χ1n) is 8.68. The fourth-order valence-electron chi connectivity index (χ4n) is 3.18. The van der Waals surface area contributed by atoms with Gasteiger partial charge < -0.3 is 14.8 Å². The van der Waals surface area contributed by atoms with Crippen LogP contribution in [0.3, 0.4) is 0 Å². The molecule has 24 heavy (non-hydrogen) atoms. The van der Waals surface area contributed by atoms with Crippen LogP contribution >= 0.6 is 0 Å². The van der Waals surface area contributed by atoms with E-state index in [-0.39, 0.29) is 5.91 Å². The number of nitrogens with one attached hydrogen (secondary N) is 1. The number of amides is 1. The molecule has 0 aromatic carbocycles. The van der Waals surface area contributed by atoms with E-state index in [4.69, 9.17) is 0 Å². The third-order valence-electron chi connectivity index (χ3n) is 4.62. The van der Waals surface area contributed by atoms with Gasteiger partial charge in [-0.25, -0.2) is 4.98 Å². The fraction of sp³-hybridized carbons (Fsp3) is 0.500. The Hall–Kier alpha value is -2.21. The van der Waals surface area contributed by atoms with Gasteiger partial charge in [-0.3, -0.25) is 9.78 Å². The largest absolute Gasteiger partial charge is 0.337 e. The highest BCUT2D eigenvalue weighted by Crippen LogP contribution is 2.14. The van der Waals surface area contributed by atoms with E-state index in [1.165, 1.54) is 0 Å². The maximum absolute atomic E-state index is 12.4. The van der Waals surface area contributed by atoms with Crippen LogP contribution < -0.4 is 5.32 Å². The zero-order valence-corrected chi connectivity index (χ0v) is 14.1. The van der Waals surface area contributed by atoms with Crippen molar-refractivity contribution in [1.82, 2.24) is 24.8 Å². The Morgan fingerprint density at radius 2 is 2.17 bits per heavy atom. The summed E-state index contributed by atoms with van der Waals surface area (Å²) in [6.45, 7) is 4.71. The number of carbonyl (C=O) groups is 1. The zero-order valence-electron chi connectivity index (χ0n) is 14.1. The number of hydrogen-bond acceptors (Lipinski definition) is 4. The summed E-state index contributed by atoms with van der Waals surface area (Å²) in [5, 5.41) is 3.74. The Labute approximate surface area is 142 Å². The Morgan fingerprint density at radius 3 is 2.79 bits per heavy atom. The van der Waals surface area contributed by atoms with Gasteiger partial charge in [0.2, 0.25) is 0 Å². The van der Waals surface area contributed by atoms with E-state index in [9.17, 15) is 4.79 Å². The lowest BCUT2D eigenvalue weighted by molar-refractivity contribution is 0.0694. The van der Waals surface area contributed by atoms with Crippen molar-refractivity contribution in [1.29, 1.82) is 0 Å². The highest BCUT2D eigenvalue weighted by molar-refractivity contribution is 5.92. The van der Waals surface area contributed by atoms with Gasteiger partial charge in [0.1, 0.15) is 5.69 Å². The van der Waals surface area contributed by atoms with Gasteiger partial charge >= 0.3 is 0 Å². The topological polar surface area (TPSA) is 63.1 Å². The molecule has 1 saturated heterocycles. The summed E-state index contributed by atoms with van der Waals surface area (Å²) in [6.07, 6.45) is 10.4. The molecule has 1 amide bonds. The average Bonchev–Trinajstić information content (AvgIpc) is 3.15. The number of piperidine rings is 1. The minimum absolute atomic E-state index is 0.0412. The molecule has 0 saturated carbocycles. The summed E-state index contributed by atoms with van der Waals surface area (Å²) in [5.41, 5.74) is 0.537. The number of hydrogen-bond donors (Lipinski definition) is 1.